The Balaban J connectivity index is 1.43. The summed E-state index contributed by atoms with van der Waals surface area (Å²) in [6.07, 6.45) is 8.30. The molecule has 0 aliphatic carbocycles. The number of ether oxygens (including phenoxy) is 2. The number of hydrogen-bond acceptors (Lipinski definition) is 5. The van der Waals surface area contributed by atoms with Crippen LogP contribution in [0.25, 0.3) is 0 Å². The van der Waals surface area contributed by atoms with Crippen molar-refractivity contribution in [2.45, 2.75) is 57.7 Å². The van der Waals surface area contributed by atoms with E-state index in [4.69, 9.17) is 14.5 Å². The van der Waals surface area contributed by atoms with E-state index in [1.165, 1.54) is 19.1 Å². The summed E-state index contributed by atoms with van der Waals surface area (Å²) in [6.45, 7) is 8.23. The number of piperidine rings is 1. The summed E-state index contributed by atoms with van der Waals surface area (Å²) < 4.78 is 36.9. The second-order valence-electron chi connectivity index (χ2n) is 8.48. The van der Waals surface area contributed by atoms with Crippen molar-refractivity contribution in [2.24, 2.45) is 10.9 Å². The van der Waals surface area contributed by atoms with Gasteiger partial charge < -0.3 is 19.7 Å². The fraction of sp³-hybridized carbons (Fsp3) is 0.950. The molecule has 29 heavy (non-hydrogen) atoms. The van der Waals surface area contributed by atoms with E-state index in [-0.39, 0.29) is 6.10 Å². The van der Waals surface area contributed by atoms with Crippen LogP contribution in [0.3, 0.4) is 0 Å². The van der Waals surface area contributed by atoms with E-state index in [0.29, 0.717) is 31.7 Å². The van der Waals surface area contributed by atoms with E-state index in [1.54, 1.807) is 4.31 Å². The van der Waals surface area contributed by atoms with Crippen LogP contribution in [0, 0.1) is 5.92 Å². The highest BCUT2D eigenvalue weighted by molar-refractivity contribution is 7.88. The summed E-state index contributed by atoms with van der Waals surface area (Å²) in [5.74, 6) is 1.24. The highest BCUT2D eigenvalue weighted by Crippen LogP contribution is 2.20. The maximum Gasteiger partial charge on any atom is 0.211 e. The van der Waals surface area contributed by atoms with E-state index in [0.717, 1.165) is 64.5 Å². The number of guanidine groups is 1. The van der Waals surface area contributed by atoms with Gasteiger partial charge in [-0.3, -0.25) is 4.99 Å². The van der Waals surface area contributed by atoms with Crippen molar-refractivity contribution in [1.82, 2.24) is 14.5 Å². The van der Waals surface area contributed by atoms with Gasteiger partial charge in [0.1, 0.15) is 0 Å². The fourth-order valence-corrected chi connectivity index (χ4v) is 5.22. The zero-order valence-electron chi connectivity index (χ0n) is 18.0. The van der Waals surface area contributed by atoms with Gasteiger partial charge in [0.25, 0.3) is 0 Å². The van der Waals surface area contributed by atoms with E-state index < -0.39 is 10.0 Å². The molecule has 3 saturated heterocycles. The zero-order chi connectivity index (χ0) is 20.7. The third kappa shape index (κ3) is 7.08. The molecule has 1 N–H and O–H groups in total. The SMILES string of the molecule is CCNC(=NCC1CCN(S(C)(=O)=O)C1)N1CCC(OCC2CCCCO2)CC1. The van der Waals surface area contributed by atoms with Crippen molar-refractivity contribution in [2.75, 3.05) is 58.7 Å². The molecule has 3 aliphatic rings. The van der Waals surface area contributed by atoms with E-state index in [9.17, 15) is 8.42 Å². The highest BCUT2D eigenvalue weighted by atomic mass is 32.2. The Kier molecular flexibility index (Phi) is 8.58. The largest absolute Gasteiger partial charge is 0.376 e. The third-order valence-electron chi connectivity index (χ3n) is 6.09. The third-order valence-corrected chi connectivity index (χ3v) is 7.35. The number of rotatable bonds is 7. The van der Waals surface area contributed by atoms with Crippen molar-refractivity contribution in [3.63, 3.8) is 0 Å². The van der Waals surface area contributed by atoms with Crippen molar-refractivity contribution in [1.29, 1.82) is 0 Å². The molecule has 2 atom stereocenters. The van der Waals surface area contributed by atoms with Gasteiger partial charge in [-0.25, -0.2) is 12.7 Å². The molecule has 3 aliphatic heterocycles. The van der Waals surface area contributed by atoms with Gasteiger partial charge in [0.2, 0.25) is 10.0 Å². The van der Waals surface area contributed by atoms with Gasteiger partial charge >= 0.3 is 0 Å². The lowest BCUT2D eigenvalue weighted by atomic mass is 10.1. The highest BCUT2D eigenvalue weighted by Gasteiger charge is 2.29. The predicted octanol–water partition coefficient (Wildman–Crippen LogP) is 1.28. The fourth-order valence-electron chi connectivity index (χ4n) is 4.31. The van der Waals surface area contributed by atoms with Crippen LogP contribution in [0.4, 0.5) is 0 Å². The second kappa shape index (κ2) is 10.9. The van der Waals surface area contributed by atoms with Crippen LogP contribution in [0.2, 0.25) is 0 Å². The molecular formula is C20H38N4O4S. The number of hydrogen-bond donors (Lipinski definition) is 1. The molecule has 0 saturated carbocycles. The molecule has 0 bridgehead atoms. The van der Waals surface area contributed by atoms with Crippen LogP contribution in [0.15, 0.2) is 4.99 Å². The van der Waals surface area contributed by atoms with Crippen LogP contribution in [-0.2, 0) is 19.5 Å². The Morgan fingerprint density at radius 3 is 2.59 bits per heavy atom. The topological polar surface area (TPSA) is 83.5 Å². The van der Waals surface area contributed by atoms with Crippen LogP contribution in [0.1, 0.15) is 45.4 Å². The standard InChI is InChI=1S/C20H38N4O4S/c1-3-21-20(22-14-17-7-12-24(15-17)29(2,25)26)23-10-8-18(9-11-23)28-16-19-6-4-5-13-27-19/h17-19H,3-16H2,1-2H3,(H,21,22). The van der Waals surface area contributed by atoms with Gasteiger partial charge in [-0.15, -0.1) is 0 Å². The van der Waals surface area contributed by atoms with Crippen molar-refractivity contribution >= 4 is 16.0 Å². The Morgan fingerprint density at radius 1 is 1.17 bits per heavy atom. The summed E-state index contributed by atoms with van der Waals surface area (Å²) in [5, 5.41) is 3.40. The van der Waals surface area contributed by atoms with Crippen LogP contribution in [-0.4, -0.2) is 94.5 Å². The normalized spacial score (nSPS) is 28.1. The maximum absolute atomic E-state index is 11.7. The number of likely N-dealkylation sites (tertiary alicyclic amines) is 1. The molecular weight excluding hydrogens is 392 g/mol. The summed E-state index contributed by atoms with van der Waals surface area (Å²) in [7, 11) is -3.09. The summed E-state index contributed by atoms with van der Waals surface area (Å²) in [5.41, 5.74) is 0. The monoisotopic (exact) mass is 430 g/mol. The molecule has 168 valence electrons. The number of sulfonamides is 1. The summed E-state index contributed by atoms with van der Waals surface area (Å²) in [4.78, 5) is 7.14. The smallest absolute Gasteiger partial charge is 0.211 e. The minimum Gasteiger partial charge on any atom is -0.376 e. The summed E-state index contributed by atoms with van der Waals surface area (Å²) >= 11 is 0. The molecule has 9 heteroatoms. The number of nitrogens with zero attached hydrogens (tertiary/aromatic N) is 3. The van der Waals surface area contributed by atoms with Gasteiger partial charge in [0.15, 0.2) is 5.96 Å². The van der Waals surface area contributed by atoms with Crippen LogP contribution in [0.5, 0.6) is 0 Å². The Morgan fingerprint density at radius 2 is 1.97 bits per heavy atom. The first-order valence-electron chi connectivity index (χ1n) is 11.2. The van der Waals surface area contributed by atoms with Gasteiger partial charge in [0, 0.05) is 45.9 Å². The van der Waals surface area contributed by atoms with Crippen molar-refractivity contribution in [3.8, 4) is 0 Å². The first-order valence-corrected chi connectivity index (χ1v) is 13.0. The summed E-state index contributed by atoms with van der Waals surface area (Å²) in [6, 6.07) is 0. The Hall–Kier alpha value is -0.900. The van der Waals surface area contributed by atoms with Crippen molar-refractivity contribution in [3.05, 3.63) is 0 Å². The van der Waals surface area contributed by atoms with E-state index >= 15 is 0 Å². The molecule has 0 aromatic heterocycles. The minimum absolute atomic E-state index is 0.276. The quantitative estimate of drug-likeness (QED) is 0.484. The second-order valence-corrected chi connectivity index (χ2v) is 10.5. The first kappa shape index (κ1) is 22.8. The van der Waals surface area contributed by atoms with Gasteiger partial charge in [-0.1, -0.05) is 0 Å². The minimum atomic E-state index is -3.09. The van der Waals surface area contributed by atoms with E-state index in [2.05, 4.69) is 17.1 Å². The molecule has 0 radical (unpaired) electrons. The van der Waals surface area contributed by atoms with Crippen LogP contribution >= 0.6 is 0 Å². The number of aliphatic imine (C=N–C) groups is 1. The average Bonchev–Trinajstić information content (AvgIpc) is 3.20. The lowest BCUT2D eigenvalue weighted by Gasteiger charge is -2.35. The maximum atomic E-state index is 11.7. The average molecular weight is 431 g/mol. The Bertz CT molecular complexity index is 628. The molecule has 3 rings (SSSR count). The first-order chi connectivity index (χ1) is 14.0. The zero-order valence-corrected chi connectivity index (χ0v) is 18.8. The Labute approximate surface area is 176 Å². The van der Waals surface area contributed by atoms with E-state index in [1.807, 2.05) is 0 Å². The molecule has 2 unspecified atom stereocenters. The lowest BCUT2D eigenvalue weighted by molar-refractivity contribution is -0.0721. The molecule has 0 spiro atoms. The van der Waals surface area contributed by atoms with Crippen molar-refractivity contribution < 1.29 is 17.9 Å². The van der Waals surface area contributed by atoms with Gasteiger partial charge in [-0.05, 0) is 51.4 Å². The van der Waals surface area contributed by atoms with Gasteiger partial charge in [-0.2, -0.15) is 0 Å². The van der Waals surface area contributed by atoms with Gasteiger partial charge in [0.05, 0.1) is 25.1 Å². The molecule has 3 heterocycles. The predicted molar refractivity (Wildman–Crippen MR) is 115 cm³/mol. The molecule has 0 amide bonds. The number of nitrogens with one attached hydrogen (secondary N) is 1. The molecule has 3 fully saturated rings. The lowest BCUT2D eigenvalue weighted by Crippen LogP contribution is -2.47. The van der Waals surface area contributed by atoms with Crippen LogP contribution < -0.4 is 5.32 Å². The molecule has 8 nitrogen and oxygen atoms in total. The molecule has 0 aromatic carbocycles. The molecule has 0 aromatic rings.